The molecule has 0 spiro atoms. The molecule has 0 radical (unpaired) electrons. The fraction of sp³-hybridized carbons (Fsp3) is 0.346. The van der Waals surface area contributed by atoms with Gasteiger partial charge in [0.15, 0.2) is 0 Å². The van der Waals surface area contributed by atoms with Crippen LogP contribution >= 0.6 is 0 Å². The van der Waals surface area contributed by atoms with Crippen LogP contribution in [0.1, 0.15) is 28.8 Å². The van der Waals surface area contributed by atoms with Gasteiger partial charge in [0.05, 0.1) is 28.3 Å². The number of pyridine rings is 1. The molecule has 5 rings (SSSR count). The van der Waals surface area contributed by atoms with E-state index in [0.29, 0.717) is 55.5 Å². The molecular weight excluding hydrogens is 417 g/mol. The third-order valence-corrected chi connectivity index (χ3v) is 6.91. The van der Waals surface area contributed by atoms with Gasteiger partial charge < -0.3 is 15.1 Å². The summed E-state index contributed by atoms with van der Waals surface area (Å²) in [5.74, 6) is -0.435. The van der Waals surface area contributed by atoms with E-state index in [0.717, 1.165) is 24.3 Å². The van der Waals surface area contributed by atoms with Crippen molar-refractivity contribution in [3.05, 3.63) is 71.7 Å². The maximum atomic E-state index is 14.3. The summed E-state index contributed by atoms with van der Waals surface area (Å²) in [5.41, 5.74) is 2.34. The van der Waals surface area contributed by atoms with Gasteiger partial charge in [-0.05, 0) is 36.6 Å². The number of nitrogens with zero attached hydrogens (tertiary/aromatic N) is 4. The van der Waals surface area contributed by atoms with Gasteiger partial charge in [0.25, 0.3) is 5.91 Å². The molecule has 0 atom stereocenters. The van der Waals surface area contributed by atoms with Crippen LogP contribution in [0.4, 0.5) is 10.1 Å². The maximum absolute atomic E-state index is 14.3. The topological polar surface area (TPSA) is 72.3 Å². The van der Waals surface area contributed by atoms with Crippen LogP contribution in [-0.4, -0.2) is 55.1 Å². The third kappa shape index (κ3) is 3.91. The first-order valence-electron chi connectivity index (χ1n) is 11.4. The van der Waals surface area contributed by atoms with E-state index >= 15 is 0 Å². The number of piperazine rings is 1. The lowest BCUT2D eigenvalue weighted by Gasteiger charge is -2.40. The number of amides is 1. The number of carbonyl (C=O) groups excluding carboxylic acids is 1. The Balaban J connectivity index is 1.53. The number of hydrogen-bond acceptors (Lipinski definition) is 5. The second kappa shape index (κ2) is 8.80. The number of carbonyl (C=O) groups is 1. The average molecular weight is 444 g/mol. The quantitative estimate of drug-likeness (QED) is 0.671. The Labute approximate surface area is 192 Å². The van der Waals surface area contributed by atoms with Crippen LogP contribution in [0.25, 0.3) is 10.9 Å². The Morgan fingerprint density at radius 1 is 1.06 bits per heavy atom. The number of rotatable bonds is 3. The Morgan fingerprint density at radius 3 is 2.48 bits per heavy atom. The summed E-state index contributed by atoms with van der Waals surface area (Å²) in [4.78, 5) is 21.9. The molecule has 168 valence electrons. The van der Waals surface area contributed by atoms with Gasteiger partial charge in [-0.1, -0.05) is 30.3 Å². The first-order chi connectivity index (χ1) is 16.1. The van der Waals surface area contributed by atoms with Crippen molar-refractivity contribution >= 4 is 22.5 Å². The van der Waals surface area contributed by atoms with Gasteiger partial charge in [0.1, 0.15) is 5.82 Å². The van der Waals surface area contributed by atoms with Gasteiger partial charge in [-0.3, -0.25) is 9.78 Å². The van der Waals surface area contributed by atoms with Gasteiger partial charge in [-0.25, -0.2) is 4.39 Å². The zero-order chi connectivity index (χ0) is 22.8. The summed E-state index contributed by atoms with van der Waals surface area (Å²) in [5, 5.41) is 14.0. The number of hydrogen-bond donors (Lipinski definition) is 1. The highest BCUT2D eigenvalue weighted by molar-refractivity contribution is 6.07. The Hall–Kier alpha value is -3.50. The van der Waals surface area contributed by atoms with Crippen LogP contribution in [0.15, 0.2) is 54.7 Å². The molecule has 3 heterocycles. The molecule has 2 aliphatic rings. The van der Waals surface area contributed by atoms with Crippen molar-refractivity contribution < 1.29 is 9.18 Å². The second-order valence-electron chi connectivity index (χ2n) is 8.77. The van der Waals surface area contributed by atoms with Crippen molar-refractivity contribution in [3.63, 3.8) is 0 Å². The fourth-order valence-corrected chi connectivity index (χ4v) is 5.02. The number of nitrogens with one attached hydrogen (secondary N) is 1. The zero-order valence-electron chi connectivity index (χ0n) is 18.4. The fourth-order valence-electron chi connectivity index (χ4n) is 5.02. The lowest BCUT2D eigenvalue weighted by molar-refractivity contribution is 0.0736. The molecule has 0 bridgehead atoms. The highest BCUT2D eigenvalue weighted by atomic mass is 19.1. The number of anilines is 1. The van der Waals surface area contributed by atoms with Gasteiger partial charge in [0.2, 0.25) is 0 Å². The van der Waals surface area contributed by atoms with Gasteiger partial charge in [-0.2, -0.15) is 5.26 Å². The SMILES string of the molecule is N#CC1(c2ccccc2)CCN(c2c(C(=O)N3CCNCC3)cnc3ccc(F)cc23)CC1. The monoisotopic (exact) mass is 443 g/mol. The lowest BCUT2D eigenvalue weighted by atomic mass is 9.74. The second-order valence-corrected chi connectivity index (χ2v) is 8.77. The summed E-state index contributed by atoms with van der Waals surface area (Å²) in [7, 11) is 0. The van der Waals surface area contributed by atoms with Crippen LogP contribution in [0.5, 0.6) is 0 Å². The minimum absolute atomic E-state index is 0.0784. The molecule has 7 heteroatoms. The summed E-state index contributed by atoms with van der Waals surface area (Å²) in [6, 6.07) is 17.0. The van der Waals surface area contributed by atoms with E-state index in [1.807, 2.05) is 35.2 Å². The van der Waals surface area contributed by atoms with E-state index in [1.54, 1.807) is 12.3 Å². The minimum Gasteiger partial charge on any atom is -0.370 e. The smallest absolute Gasteiger partial charge is 0.257 e. The molecule has 2 fully saturated rings. The van der Waals surface area contributed by atoms with Crippen molar-refractivity contribution in [1.29, 1.82) is 5.26 Å². The first kappa shape index (κ1) is 21.4. The largest absolute Gasteiger partial charge is 0.370 e. The molecule has 0 saturated carbocycles. The Bertz CT molecular complexity index is 1210. The maximum Gasteiger partial charge on any atom is 0.257 e. The van der Waals surface area contributed by atoms with Crippen LogP contribution in [0, 0.1) is 17.1 Å². The summed E-state index contributed by atoms with van der Waals surface area (Å²) >= 11 is 0. The molecule has 1 aromatic heterocycles. The standard InChI is InChI=1S/C26H26FN5O/c27-20-6-7-23-21(16-20)24(22(17-30-23)25(33)32-14-10-29-11-15-32)31-12-8-26(18-28,9-13-31)19-4-2-1-3-5-19/h1-7,16-17,29H,8-15H2. The van der Waals surface area contributed by atoms with Crippen molar-refractivity contribution in [2.24, 2.45) is 0 Å². The Kier molecular flexibility index (Phi) is 5.69. The number of piperidine rings is 1. The van der Waals surface area contributed by atoms with Crippen molar-refractivity contribution in [3.8, 4) is 6.07 Å². The predicted molar refractivity (Wildman–Crippen MR) is 126 cm³/mol. The van der Waals surface area contributed by atoms with Crippen molar-refractivity contribution in [2.75, 3.05) is 44.2 Å². The van der Waals surface area contributed by atoms with E-state index in [2.05, 4.69) is 21.3 Å². The number of benzene rings is 2. The molecular formula is C26H26FN5O. The van der Waals surface area contributed by atoms with Crippen LogP contribution < -0.4 is 10.2 Å². The highest BCUT2D eigenvalue weighted by Gasteiger charge is 2.38. The molecule has 6 nitrogen and oxygen atoms in total. The predicted octanol–water partition coefficient (Wildman–Crippen LogP) is 3.48. The van der Waals surface area contributed by atoms with Crippen LogP contribution in [0.2, 0.25) is 0 Å². The Morgan fingerprint density at radius 2 is 1.79 bits per heavy atom. The van der Waals surface area contributed by atoms with Crippen molar-refractivity contribution in [2.45, 2.75) is 18.3 Å². The normalized spacial score (nSPS) is 18.2. The summed E-state index contributed by atoms with van der Waals surface area (Å²) in [6.45, 7) is 3.96. The number of fused-ring (bicyclic) bond motifs is 1. The van der Waals surface area contributed by atoms with Gasteiger partial charge >= 0.3 is 0 Å². The van der Waals surface area contributed by atoms with Crippen LogP contribution in [0.3, 0.4) is 0 Å². The van der Waals surface area contributed by atoms with Gasteiger partial charge in [-0.15, -0.1) is 0 Å². The molecule has 2 aromatic carbocycles. The van der Waals surface area contributed by atoms with E-state index in [9.17, 15) is 14.4 Å². The third-order valence-electron chi connectivity index (χ3n) is 6.91. The molecule has 1 N–H and O–H groups in total. The van der Waals surface area contributed by atoms with Crippen LogP contribution in [-0.2, 0) is 5.41 Å². The highest BCUT2D eigenvalue weighted by Crippen LogP contribution is 2.39. The van der Waals surface area contributed by atoms with Gasteiger partial charge in [0, 0.05) is 50.9 Å². The molecule has 33 heavy (non-hydrogen) atoms. The molecule has 1 amide bonds. The molecule has 2 saturated heterocycles. The van der Waals surface area contributed by atoms with E-state index in [4.69, 9.17) is 0 Å². The number of aromatic nitrogens is 1. The van der Waals surface area contributed by atoms with E-state index in [1.165, 1.54) is 12.1 Å². The van der Waals surface area contributed by atoms with E-state index in [-0.39, 0.29) is 11.7 Å². The minimum atomic E-state index is -0.561. The molecule has 3 aromatic rings. The van der Waals surface area contributed by atoms with Crippen molar-refractivity contribution in [1.82, 2.24) is 15.2 Å². The number of halogens is 1. The lowest BCUT2D eigenvalue weighted by Crippen LogP contribution is -2.47. The molecule has 0 unspecified atom stereocenters. The first-order valence-corrected chi connectivity index (χ1v) is 11.4. The molecule has 2 aliphatic heterocycles. The number of nitriles is 1. The summed E-state index contributed by atoms with van der Waals surface area (Å²) < 4.78 is 14.3. The summed E-state index contributed by atoms with van der Waals surface area (Å²) in [6.07, 6.45) is 2.89. The zero-order valence-corrected chi connectivity index (χ0v) is 18.4. The van der Waals surface area contributed by atoms with E-state index < -0.39 is 5.41 Å². The molecule has 0 aliphatic carbocycles. The average Bonchev–Trinajstić information content (AvgIpc) is 2.88.